The van der Waals surface area contributed by atoms with Crippen LogP contribution in [0.1, 0.15) is 326 Å². The predicted octanol–water partition coefficient (Wildman–Crippen LogP) is 27.1. The van der Waals surface area contributed by atoms with E-state index in [0.717, 1.165) is 67.9 Å². The van der Waals surface area contributed by atoms with Gasteiger partial charge in [0, 0.05) is 0 Å². The number of unbranched alkanes of at least 4 members (excludes halogenated alkanes) is 2. The monoisotopic (exact) mass is 1150 g/mol. The lowest BCUT2D eigenvalue weighted by molar-refractivity contribution is 0.424. The van der Waals surface area contributed by atoms with Crippen molar-refractivity contribution in [3.05, 3.63) is 131 Å². The van der Waals surface area contributed by atoms with Crippen molar-refractivity contribution < 1.29 is 25.9 Å². The van der Waals surface area contributed by atoms with Gasteiger partial charge in [0.05, 0.1) is 9.79 Å². The Morgan fingerprint density at radius 1 is 0.308 bits per heavy atom. The summed E-state index contributed by atoms with van der Waals surface area (Å²) in [5.41, 5.74) is 5.19. The molecule has 6 unspecified atom stereocenters. The van der Waals surface area contributed by atoms with Gasteiger partial charge in [0.15, 0.2) is 0 Å². The molecular formula is C70H152O6S2. The van der Waals surface area contributed by atoms with Crippen LogP contribution in [0.5, 0.6) is 0 Å². The number of rotatable bonds is 24. The first-order chi connectivity index (χ1) is 27.6. The van der Waals surface area contributed by atoms with Crippen LogP contribution >= 0.6 is 0 Å². The van der Waals surface area contributed by atoms with Crippen LogP contribution in [0.4, 0.5) is 0 Å². The molecule has 0 spiro atoms. The molecule has 0 saturated heterocycles. The van der Waals surface area contributed by atoms with Crippen molar-refractivity contribution in [2.45, 2.75) is 313 Å². The highest BCUT2D eigenvalue weighted by Gasteiger charge is 2.16. The van der Waals surface area contributed by atoms with E-state index in [4.69, 9.17) is 9.11 Å². The summed E-state index contributed by atoms with van der Waals surface area (Å²) in [7, 11) is -8.31. The Labute approximate surface area is 500 Å². The molecule has 0 aliphatic rings. The summed E-state index contributed by atoms with van der Waals surface area (Å²) in [6.07, 6.45) is 16.9. The number of benzene rings is 4. The predicted molar refractivity (Wildman–Crippen MR) is 377 cm³/mol. The Kier molecular flexibility index (Phi) is 107. The fourth-order valence-electron chi connectivity index (χ4n) is 8.06. The zero-order valence-corrected chi connectivity index (χ0v) is 37.7. The lowest BCUT2D eigenvalue weighted by atomic mass is 9.88. The molecule has 4 rings (SSSR count). The SMILES string of the molecule is C.C.C.C.C.C.C.C.C.C.C.C.C.C.C.C.C.C.C.C.CCC(CCCCC(C)CCC(C)c1ccc(S(=O)(=O)O)cc1)c1ccc(S(=O)(=O)O)cc1.CCC(CCCCC(C)CCC(C)c1ccccc1)c1ccccc1. The molecule has 480 valence electrons. The maximum Gasteiger partial charge on any atom is 0.294 e. The largest absolute Gasteiger partial charge is 0.294 e. The molecule has 6 atom stereocenters. The third-order valence-corrected chi connectivity index (χ3v) is 13.9. The zero-order valence-electron chi connectivity index (χ0n) is 36.1. The Morgan fingerprint density at radius 3 is 0.808 bits per heavy atom. The Balaban J connectivity index is -0.0000000467. The van der Waals surface area contributed by atoms with Crippen LogP contribution in [0, 0.1) is 11.8 Å². The van der Waals surface area contributed by atoms with Crippen molar-refractivity contribution in [2.75, 3.05) is 0 Å². The molecule has 0 bridgehead atoms. The quantitative estimate of drug-likeness (QED) is 0.0534. The van der Waals surface area contributed by atoms with Gasteiger partial charge in [0.2, 0.25) is 0 Å². The van der Waals surface area contributed by atoms with Crippen LogP contribution < -0.4 is 0 Å². The second-order valence-corrected chi connectivity index (χ2v) is 19.7. The molecule has 0 aromatic heterocycles. The Bertz CT molecular complexity index is 1920. The third kappa shape index (κ3) is 47.5. The second-order valence-electron chi connectivity index (χ2n) is 16.9. The molecule has 0 amide bonds. The van der Waals surface area contributed by atoms with E-state index in [1.807, 2.05) is 0 Å². The van der Waals surface area contributed by atoms with E-state index < -0.39 is 20.2 Å². The summed E-state index contributed by atoms with van der Waals surface area (Å²) >= 11 is 0. The van der Waals surface area contributed by atoms with Gasteiger partial charge in [-0.2, -0.15) is 16.8 Å². The highest BCUT2D eigenvalue weighted by Crippen LogP contribution is 2.31. The number of hydrogen-bond acceptors (Lipinski definition) is 4. The molecule has 8 heteroatoms. The lowest BCUT2D eigenvalue weighted by Gasteiger charge is -2.18. The van der Waals surface area contributed by atoms with Crippen LogP contribution in [0.25, 0.3) is 0 Å². The van der Waals surface area contributed by atoms with Gasteiger partial charge in [-0.1, -0.05) is 326 Å². The van der Waals surface area contributed by atoms with Gasteiger partial charge >= 0.3 is 0 Å². The maximum absolute atomic E-state index is 11.2. The molecule has 0 radical (unpaired) electrons. The van der Waals surface area contributed by atoms with Gasteiger partial charge in [0.1, 0.15) is 0 Å². The molecule has 4 aromatic rings. The van der Waals surface area contributed by atoms with Gasteiger partial charge in [-0.15, -0.1) is 0 Å². The van der Waals surface area contributed by atoms with Gasteiger partial charge in [0.25, 0.3) is 20.2 Å². The standard InChI is InChI=1S/C25H36O6S2.C25H36.20CH4/c1-4-21(23-13-17-25(18-14-23)33(29,30)31)8-6-5-7-19(2)9-10-20(3)22-11-15-24(16-12-22)32(26,27)28;1-4-23(25-17-9-6-10-18-25)14-12-11-13-21(2)19-20-22(3)24-15-7-5-8-16-24;;;;;;;;;;;;;;;;;;;;/h11-21H,4-10H2,1-3H3,(H,26,27,28)(H,29,30,31);5-10,15-18,21-23H,4,11-14,19-20H2,1-3H3;20*1H4. The summed E-state index contributed by atoms with van der Waals surface area (Å²) in [5.74, 6) is 3.57. The van der Waals surface area contributed by atoms with E-state index in [2.05, 4.69) is 102 Å². The molecule has 4 aromatic carbocycles. The molecule has 2 N–H and O–H groups in total. The van der Waals surface area contributed by atoms with Crippen LogP contribution in [0.2, 0.25) is 0 Å². The molecule has 0 aliphatic heterocycles. The summed E-state index contributed by atoms with van der Waals surface area (Å²) < 4.78 is 63.0. The van der Waals surface area contributed by atoms with Gasteiger partial charge < -0.3 is 0 Å². The average molecular weight is 1150 g/mol. The van der Waals surface area contributed by atoms with Crippen LogP contribution in [-0.4, -0.2) is 25.9 Å². The highest BCUT2D eigenvalue weighted by molar-refractivity contribution is 7.86. The van der Waals surface area contributed by atoms with Crippen LogP contribution in [-0.2, 0) is 20.2 Å². The van der Waals surface area contributed by atoms with E-state index in [9.17, 15) is 16.8 Å². The first kappa shape index (κ1) is 126. The topological polar surface area (TPSA) is 109 Å². The minimum atomic E-state index is -4.15. The molecular weight excluding hydrogens is 1000 g/mol. The summed E-state index contributed by atoms with van der Waals surface area (Å²) in [6, 6.07) is 35.0. The van der Waals surface area contributed by atoms with Crippen molar-refractivity contribution in [3.8, 4) is 0 Å². The first-order valence-corrected chi connectivity index (χ1v) is 24.7. The Hall–Kier alpha value is -3.30. The normalized spacial score (nSPS) is 11.2. The smallest absolute Gasteiger partial charge is 0.282 e. The van der Waals surface area contributed by atoms with Crippen molar-refractivity contribution in [2.24, 2.45) is 11.8 Å². The number of hydrogen-bond donors (Lipinski definition) is 2. The van der Waals surface area contributed by atoms with E-state index in [1.165, 1.54) is 80.3 Å². The third-order valence-electron chi connectivity index (χ3n) is 12.2. The fraction of sp³-hybridized carbons (Fsp3) is 0.657. The maximum atomic E-state index is 11.2. The van der Waals surface area contributed by atoms with Crippen molar-refractivity contribution in [3.63, 3.8) is 0 Å². The van der Waals surface area contributed by atoms with Gasteiger partial charge in [-0.3, -0.25) is 9.11 Å². The van der Waals surface area contributed by atoms with Crippen LogP contribution in [0.15, 0.2) is 119 Å². The van der Waals surface area contributed by atoms with Gasteiger partial charge in [-0.05, 0) is 121 Å². The van der Waals surface area contributed by atoms with E-state index >= 15 is 0 Å². The summed E-state index contributed by atoms with van der Waals surface area (Å²) in [4.78, 5) is -0.148. The molecule has 78 heavy (non-hydrogen) atoms. The van der Waals surface area contributed by atoms with Crippen molar-refractivity contribution in [1.29, 1.82) is 0 Å². The van der Waals surface area contributed by atoms with Crippen molar-refractivity contribution >= 4 is 20.2 Å². The van der Waals surface area contributed by atoms with Crippen molar-refractivity contribution in [1.82, 2.24) is 0 Å². The summed E-state index contributed by atoms with van der Waals surface area (Å²) in [6.45, 7) is 13.7. The van der Waals surface area contributed by atoms with Gasteiger partial charge in [-0.25, -0.2) is 0 Å². The van der Waals surface area contributed by atoms with E-state index in [0.29, 0.717) is 23.7 Å². The first-order valence-electron chi connectivity index (χ1n) is 21.9. The lowest BCUT2D eigenvalue weighted by Crippen LogP contribution is -2.03. The van der Waals surface area contributed by atoms with E-state index in [-0.39, 0.29) is 158 Å². The van der Waals surface area contributed by atoms with Crippen LogP contribution in [0.3, 0.4) is 0 Å². The molecule has 0 fully saturated rings. The minimum absolute atomic E-state index is 0. The minimum Gasteiger partial charge on any atom is -0.282 e. The molecule has 0 heterocycles. The highest BCUT2D eigenvalue weighted by atomic mass is 32.2. The Morgan fingerprint density at radius 2 is 0.538 bits per heavy atom. The molecule has 0 saturated carbocycles. The molecule has 6 nitrogen and oxygen atoms in total. The molecule has 0 aliphatic carbocycles. The fourth-order valence-corrected chi connectivity index (χ4v) is 9.02. The summed E-state index contributed by atoms with van der Waals surface area (Å²) in [5, 5.41) is 0. The second kappa shape index (κ2) is 66.2. The van der Waals surface area contributed by atoms with E-state index in [1.54, 1.807) is 24.3 Å². The zero-order chi connectivity index (χ0) is 42.6. The average Bonchev–Trinajstić information content (AvgIpc) is 3.22.